The number of aromatic nitrogens is 2. The summed E-state index contributed by atoms with van der Waals surface area (Å²) in [6.45, 7) is 3.00. The molecular weight excluding hydrogens is 250 g/mol. The van der Waals surface area contributed by atoms with Gasteiger partial charge in [-0.25, -0.2) is 4.98 Å². The van der Waals surface area contributed by atoms with Crippen LogP contribution in [-0.2, 0) is 0 Å². The van der Waals surface area contributed by atoms with Crippen molar-refractivity contribution in [2.24, 2.45) is 0 Å². The average Bonchev–Trinajstić information content (AvgIpc) is 2.83. The van der Waals surface area contributed by atoms with Gasteiger partial charge < -0.3 is 9.64 Å². The Hall–Kier alpha value is -1.03. The molecule has 0 bridgehead atoms. The minimum absolute atomic E-state index is 0.523. The van der Waals surface area contributed by atoms with Crippen LogP contribution in [0.4, 0.5) is 5.95 Å². The minimum Gasteiger partial charge on any atom is -0.481 e. The summed E-state index contributed by atoms with van der Waals surface area (Å²) in [5, 5.41) is 0. The largest absolute Gasteiger partial charge is 0.481 e. The summed E-state index contributed by atoms with van der Waals surface area (Å²) >= 11 is 5.78. The molecule has 4 nitrogen and oxygen atoms in total. The van der Waals surface area contributed by atoms with E-state index in [1.54, 1.807) is 7.11 Å². The molecule has 5 heteroatoms. The molecule has 0 N–H and O–H groups in total. The van der Waals surface area contributed by atoms with Gasteiger partial charge in [0.1, 0.15) is 0 Å². The molecule has 18 heavy (non-hydrogen) atoms. The SMILES string of the molecule is COc1cc(C)nc(N2CCCC2CCCCl)n1. The van der Waals surface area contributed by atoms with Crippen molar-refractivity contribution in [1.82, 2.24) is 9.97 Å². The topological polar surface area (TPSA) is 38.2 Å². The highest BCUT2D eigenvalue weighted by Gasteiger charge is 2.26. The molecule has 0 radical (unpaired) electrons. The van der Waals surface area contributed by atoms with Gasteiger partial charge in [0.25, 0.3) is 0 Å². The standard InChI is InChI=1S/C13H20ClN3O/c1-10-9-12(18-2)16-13(15-10)17-8-4-6-11(17)5-3-7-14/h9,11H,3-8H2,1-2H3. The fraction of sp³-hybridized carbons (Fsp3) is 0.692. The van der Waals surface area contributed by atoms with Crippen LogP contribution in [0.5, 0.6) is 5.88 Å². The molecule has 0 aliphatic carbocycles. The first-order chi connectivity index (χ1) is 8.74. The molecule has 1 aliphatic heterocycles. The van der Waals surface area contributed by atoms with Crippen LogP contribution in [0.3, 0.4) is 0 Å². The van der Waals surface area contributed by atoms with Crippen molar-refractivity contribution in [3.63, 3.8) is 0 Å². The zero-order valence-electron chi connectivity index (χ0n) is 11.0. The summed E-state index contributed by atoms with van der Waals surface area (Å²) in [6.07, 6.45) is 4.57. The molecule has 0 saturated carbocycles. The van der Waals surface area contributed by atoms with Crippen LogP contribution in [0, 0.1) is 6.92 Å². The number of nitrogens with zero attached hydrogens (tertiary/aromatic N) is 3. The second-order valence-corrected chi connectivity index (χ2v) is 5.05. The third-order valence-electron chi connectivity index (χ3n) is 3.33. The lowest BCUT2D eigenvalue weighted by molar-refractivity contribution is 0.395. The number of rotatable bonds is 5. The summed E-state index contributed by atoms with van der Waals surface area (Å²) in [6, 6.07) is 2.38. The van der Waals surface area contributed by atoms with E-state index >= 15 is 0 Å². The van der Waals surface area contributed by atoms with Crippen LogP contribution in [0.15, 0.2) is 6.07 Å². The normalized spacial score (nSPS) is 19.3. The second-order valence-electron chi connectivity index (χ2n) is 4.67. The Morgan fingerprint density at radius 2 is 2.33 bits per heavy atom. The molecule has 1 aliphatic rings. The number of alkyl halides is 1. The highest BCUT2D eigenvalue weighted by atomic mass is 35.5. The number of aryl methyl sites for hydroxylation is 1. The van der Waals surface area contributed by atoms with E-state index in [0.29, 0.717) is 11.9 Å². The van der Waals surface area contributed by atoms with Crippen LogP contribution in [0.2, 0.25) is 0 Å². The maximum atomic E-state index is 5.78. The van der Waals surface area contributed by atoms with Gasteiger partial charge in [-0.2, -0.15) is 4.98 Å². The summed E-state index contributed by atoms with van der Waals surface area (Å²) in [4.78, 5) is 11.3. The number of halogens is 1. The van der Waals surface area contributed by atoms with Crippen LogP contribution < -0.4 is 9.64 Å². The Labute approximate surface area is 113 Å². The number of methoxy groups -OCH3 is 1. The summed E-state index contributed by atoms with van der Waals surface area (Å²) in [5.74, 6) is 2.16. The van der Waals surface area contributed by atoms with Crippen LogP contribution in [0.25, 0.3) is 0 Å². The van der Waals surface area contributed by atoms with Crippen molar-refractivity contribution in [1.29, 1.82) is 0 Å². The molecule has 1 atom stereocenters. The van der Waals surface area contributed by atoms with Crippen molar-refractivity contribution >= 4 is 17.5 Å². The number of hydrogen-bond donors (Lipinski definition) is 0. The Kier molecular flexibility index (Phi) is 4.64. The van der Waals surface area contributed by atoms with Crippen LogP contribution in [-0.4, -0.2) is 35.5 Å². The molecule has 2 rings (SSSR count). The predicted molar refractivity (Wildman–Crippen MR) is 73.6 cm³/mol. The maximum Gasteiger partial charge on any atom is 0.229 e. The third-order valence-corrected chi connectivity index (χ3v) is 3.60. The molecule has 100 valence electrons. The number of hydrogen-bond acceptors (Lipinski definition) is 4. The van der Waals surface area contributed by atoms with E-state index in [1.807, 2.05) is 13.0 Å². The van der Waals surface area contributed by atoms with Crippen LogP contribution >= 0.6 is 11.6 Å². The number of ether oxygens (including phenoxy) is 1. The van der Waals surface area contributed by atoms with Gasteiger partial charge in [-0.05, 0) is 32.6 Å². The fourth-order valence-corrected chi connectivity index (χ4v) is 2.62. The van der Waals surface area contributed by atoms with Gasteiger partial charge in [0, 0.05) is 30.2 Å². The van der Waals surface area contributed by atoms with Gasteiger partial charge in [0.05, 0.1) is 7.11 Å². The van der Waals surface area contributed by atoms with Crippen molar-refractivity contribution in [2.75, 3.05) is 24.4 Å². The Bertz CT molecular complexity index is 400. The molecule has 1 saturated heterocycles. The molecule has 0 aromatic carbocycles. The Balaban J connectivity index is 2.16. The minimum atomic E-state index is 0.523. The summed E-state index contributed by atoms with van der Waals surface area (Å²) in [5.41, 5.74) is 0.944. The Morgan fingerprint density at radius 1 is 1.50 bits per heavy atom. The molecule has 1 unspecified atom stereocenters. The lowest BCUT2D eigenvalue weighted by Crippen LogP contribution is -2.31. The first kappa shape index (κ1) is 13.4. The monoisotopic (exact) mass is 269 g/mol. The van der Waals surface area contributed by atoms with Gasteiger partial charge in [0.2, 0.25) is 11.8 Å². The zero-order chi connectivity index (χ0) is 13.0. The highest BCUT2D eigenvalue weighted by Crippen LogP contribution is 2.27. The highest BCUT2D eigenvalue weighted by molar-refractivity contribution is 6.17. The molecule has 1 aromatic rings. The van der Waals surface area contributed by atoms with E-state index in [2.05, 4.69) is 14.9 Å². The summed E-state index contributed by atoms with van der Waals surface area (Å²) in [7, 11) is 1.64. The molecule has 2 heterocycles. The van der Waals surface area contributed by atoms with E-state index in [1.165, 1.54) is 12.8 Å². The molecular formula is C13H20ClN3O. The zero-order valence-corrected chi connectivity index (χ0v) is 11.8. The lowest BCUT2D eigenvalue weighted by atomic mass is 10.1. The van der Waals surface area contributed by atoms with E-state index in [4.69, 9.17) is 16.3 Å². The molecule has 1 fully saturated rings. The van der Waals surface area contributed by atoms with E-state index in [-0.39, 0.29) is 0 Å². The average molecular weight is 270 g/mol. The van der Waals surface area contributed by atoms with Crippen molar-refractivity contribution in [3.05, 3.63) is 11.8 Å². The number of anilines is 1. The second kappa shape index (κ2) is 6.23. The van der Waals surface area contributed by atoms with Gasteiger partial charge in [-0.15, -0.1) is 11.6 Å². The van der Waals surface area contributed by atoms with Gasteiger partial charge in [-0.1, -0.05) is 0 Å². The quantitative estimate of drug-likeness (QED) is 0.771. The Morgan fingerprint density at radius 3 is 3.06 bits per heavy atom. The van der Waals surface area contributed by atoms with Crippen molar-refractivity contribution in [3.8, 4) is 5.88 Å². The third kappa shape index (κ3) is 3.05. The molecule has 1 aromatic heterocycles. The van der Waals surface area contributed by atoms with Crippen molar-refractivity contribution in [2.45, 2.75) is 38.6 Å². The van der Waals surface area contributed by atoms with Crippen molar-refractivity contribution < 1.29 is 4.74 Å². The predicted octanol–water partition coefficient (Wildman–Crippen LogP) is 2.78. The molecule has 0 amide bonds. The first-order valence-electron chi connectivity index (χ1n) is 6.47. The summed E-state index contributed by atoms with van der Waals surface area (Å²) < 4.78 is 5.21. The fourth-order valence-electron chi connectivity index (χ4n) is 2.47. The van der Waals surface area contributed by atoms with Gasteiger partial charge in [-0.3, -0.25) is 0 Å². The van der Waals surface area contributed by atoms with E-state index in [9.17, 15) is 0 Å². The first-order valence-corrected chi connectivity index (χ1v) is 7.00. The van der Waals surface area contributed by atoms with Crippen LogP contribution in [0.1, 0.15) is 31.4 Å². The molecule has 0 spiro atoms. The van der Waals surface area contributed by atoms with Gasteiger partial charge >= 0.3 is 0 Å². The van der Waals surface area contributed by atoms with E-state index < -0.39 is 0 Å². The van der Waals surface area contributed by atoms with Gasteiger partial charge in [0.15, 0.2) is 0 Å². The smallest absolute Gasteiger partial charge is 0.229 e. The van der Waals surface area contributed by atoms with E-state index in [0.717, 1.165) is 36.9 Å². The maximum absolute atomic E-state index is 5.78. The lowest BCUT2D eigenvalue weighted by Gasteiger charge is -2.24.